The van der Waals surface area contributed by atoms with E-state index in [0.717, 1.165) is 0 Å². The van der Waals surface area contributed by atoms with Crippen LogP contribution < -0.4 is 19.9 Å². The normalized spacial score (nSPS) is 14.7. The molecule has 29 heavy (non-hydrogen) atoms. The monoisotopic (exact) mass is 396 g/mol. The highest BCUT2D eigenvalue weighted by atomic mass is 16.6. The van der Waals surface area contributed by atoms with Gasteiger partial charge >= 0.3 is 5.97 Å². The van der Waals surface area contributed by atoms with Gasteiger partial charge in [-0.2, -0.15) is 0 Å². The van der Waals surface area contributed by atoms with Gasteiger partial charge in [-0.25, -0.2) is 9.80 Å². The fourth-order valence-corrected chi connectivity index (χ4v) is 2.72. The van der Waals surface area contributed by atoms with E-state index in [1.807, 2.05) is 6.07 Å². The molecule has 1 aliphatic rings. The molecular weight excluding hydrogens is 376 g/mol. The Bertz CT molecular complexity index is 955. The molecule has 0 radical (unpaired) electrons. The third-order valence-corrected chi connectivity index (χ3v) is 4.06. The molecule has 0 aliphatic carbocycles. The number of hydrogen-bond acceptors (Lipinski definition) is 6. The summed E-state index contributed by atoms with van der Waals surface area (Å²) in [6.45, 7) is 1.72. The van der Waals surface area contributed by atoms with Crippen molar-refractivity contribution >= 4 is 29.5 Å². The molecule has 8 nitrogen and oxygen atoms in total. The Labute approximate surface area is 167 Å². The van der Waals surface area contributed by atoms with E-state index >= 15 is 0 Å². The number of nitrogens with one attached hydrogen (secondary N) is 1. The first-order chi connectivity index (χ1) is 14.0. The minimum atomic E-state index is -0.500. The van der Waals surface area contributed by atoms with Gasteiger partial charge in [0.25, 0.3) is 11.8 Å². The van der Waals surface area contributed by atoms with Crippen molar-refractivity contribution in [3.63, 3.8) is 0 Å². The van der Waals surface area contributed by atoms with Crippen LogP contribution in [0.4, 0.5) is 5.69 Å². The first-order valence-electron chi connectivity index (χ1n) is 8.92. The predicted molar refractivity (Wildman–Crippen MR) is 105 cm³/mol. The van der Waals surface area contributed by atoms with Crippen LogP contribution in [0, 0.1) is 0 Å². The largest absolute Gasteiger partial charge is 0.493 e. The molecule has 1 fully saturated rings. The lowest BCUT2D eigenvalue weighted by atomic mass is 10.1. The van der Waals surface area contributed by atoms with Crippen LogP contribution in [0.25, 0.3) is 6.08 Å². The zero-order valence-electron chi connectivity index (χ0n) is 16.0. The molecule has 150 valence electrons. The zero-order valence-corrected chi connectivity index (χ0v) is 16.0. The maximum Gasteiger partial charge on any atom is 0.344 e. The highest BCUT2D eigenvalue weighted by molar-refractivity contribution is 6.31. The number of benzene rings is 2. The number of rotatable bonds is 7. The number of methoxy groups -OCH3 is 1. The third kappa shape index (κ3) is 4.55. The number of anilines is 1. The van der Waals surface area contributed by atoms with E-state index in [4.69, 9.17) is 14.2 Å². The van der Waals surface area contributed by atoms with Crippen molar-refractivity contribution < 1.29 is 28.6 Å². The minimum absolute atomic E-state index is 0.00361. The van der Waals surface area contributed by atoms with Gasteiger partial charge in [0, 0.05) is 0 Å². The molecule has 0 unspecified atom stereocenters. The number of nitrogens with zero attached hydrogens (tertiary/aromatic N) is 1. The van der Waals surface area contributed by atoms with Gasteiger partial charge < -0.3 is 14.2 Å². The molecule has 0 saturated carbocycles. The summed E-state index contributed by atoms with van der Waals surface area (Å²) in [5.41, 5.74) is 3.67. The summed E-state index contributed by atoms with van der Waals surface area (Å²) in [4.78, 5) is 36.4. The van der Waals surface area contributed by atoms with Crippen molar-refractivity contribution in [2.24, 2.45) is 0 Å². The van der Waals surface area contributed by atoms with Crippen LogP contribution in [-0.2, 0) is 19.1 Å². The van der Waals surface area contributed by atoms with Gasteiger partial charge in [-0.15, -0.1) is 0 Å². The van der Waals surface area contributed by atoms with Gasteiger partial charge in [0.05, 0.1) is 19.4 Å². The van der Waals surface area contributed by atoms with Crippen molar-refractivity contribution in [2.75, 3.05) is 25.3 Å². The van der Waals surface area contributed by atoms with E-state index in [0.29, 0.717) is 22.7 Å². The molecule has 8 heteroatoms. The number of ether oxygens (including phenoxy) is 3. The van der Waals surface area contributed by atoms with Gasteiger partial charge in [-0.3, -0.25) is 15.0 Å². The smallest absolute Gasteiger partial charge is 0.344 e. The maximum absolute atomic E-state index is 12.6. The van der Waals surface area contributed by atoms with Crippen LogP contribution in [0.5, 0.6) is 11.5 Å². The number of carbonyl (C=O) groups is 3. The van der Waals surface area contributed by atoms with Crippen LogP contribution in [0.1, 0.15) is 12.5 Å². The maximum atomic E-state index is 12.6. The fraction of sp³-hybridized carbons (Fsp3) is 0.190. The summed E-state index contributed by atoms with van der Waals surface area (Å²) >= 11 is 0. The lowest BCUT2D eigenvalue weighted by Crippen LogP contribution is -2.35. The van der Waals surface area contributed by atoms with E-state index in [1.54, 1.807) is 49.4 Å². The van der Waals surface area contributed by atoms with Gasteiger partial charge in [0.2, 0.25) is 0 Å². The minimum Gasteiger partial charge on any atom is -0.493 e. The molecule has 0 aromatic heterocycles. The fourth-order valence-electron chi connectivity index (χ4n) is 2.72. The van der Waals surface area contributed by atoms with E-state index in [9.17, 15) is 14.4 Å². The predicted octanol–water partition coefficient (Wildman–Crippen LogP) is 2.10. The summed E-state index contributed by atoms with van der Waals surface area (Å²) in [5.74, 6) is -0.747. The highest BCUT2D eigenvalue weighted by Crippen LogP contribution is 2.30. The molecule has 0 spiro atoms. The Hall–Kier alpha value is -3.81. The molecule has 1 aliphatic heterocycles. The van der Waals surface area contributed by atoms with Crippen molar-refractivity contribution in [3.8, 4) is 11.5 Å². The van der Waals surface area contributed by atoms with E-state index in [-0.39, 0.29) is 18.8 Å². The van der Waals surface area contributed by atoms with Crippen molar-refractivity contribution in [2.45, 2.75) is 6.92 Å². The van der Waals surface area contributed by atoms with E-state index in [2.05, 4.69) is 5.43 Å². The summed E-state index contributed by atoms with van der Waals surface area (Å²) in [7, 11) is 1.45. The van der Waals surface area contributed by atoms with Crippen molar-refractivity contribution in [3.05, 3.63) is 59.7 Å². The molecule has 1 saturated heterocycles. The van der Waals surface area contributed by atoms with Gasteiger partial charge in [-0.05, 0) is 42.8 Å². The number of para-hydroxylation sites is 1. The van der Waals surface area contributed by atoms with Crippen LogP contribution in [0.15, 0.2) is 54.1 Å². The number of amides is 2. The first kappa shape index (κ1) is 19.9. The number of carbonyl (C=O) groups excluding carboxylic acids is 3. The van der Waals surface area contributed by atoms with E-state index in [1.165, 1.54) is 18.2 Å². The van der Waals surface area contributed by atoms with Gasteiger partial charge in [0.15, 0.2) is 18.1 Å². The van der Waals surface area contributed by atoms with E-state index < -0.39 is 17.8 Å². The Morgan fingerprint density at radius 1 is 1.10 bits per heavy atom. The quantitative estimate of drug-likeness (QED) is 0.438. The molecule has 2 aromatic rings. The third-order valence-electron chi connectivity index (χ3n) is 4.06. The zero-order chi connectivity index (χ0) is 20.8. The lowest BCUT2D eigenvalue weighted by molar-refractivity contribution is -0.145. The standard InChI is InChI=1S/C21H20N2O6/c1-3-28-19(24)13-29-17-10-9-14(12-18(17)27-2)11-16-20(25)22-23(21(16)26)15-7-5-4-6-8-15/h4-12H,3,13H2,1-2H3,(H,22,25). The Balaban J connectivity index is 1.80. The molecule has 1 heterocycles. The molecule has 0 bridgehead atoms. The average molecular weight is 396 g/mol. The number of esters is 1. The molecule has 3 rings (SSSR count). The van der Waals surface area contributed by atoms with Crippen LogP contribution in [0.3, 0.4) is 0 Å². The number of hydrogen-bond donors (Lipinski definition) is 1. The SMILES string of the molecule is CCOC(=O)COc1ccc(C=C2C(=O)NN(c3ccccc3)C2=O)cc1OC. The summed E-state index contributed by atoms with van der Waals surface area (Å²) in [5, 5.41) is 1.20. The second-order valence-electron chi connectivity index (χ2n) is 5.98. The lowest BCUT2D eigenvalue weighted by Gasteiger charge is -2.13. The summed E-state index contributed by atoms with van der Waals surface area (Å²) < 4.78 is 15.5. The molecule has 1 N–H and O–H groups in total. The van der Waals surface area contributed by atoms with Crippen molar-refractivity contribution in [1.29, 1.82) is 0 Å². The second kappa shape index (κ2) is 8.92. The molecular formula is C21H20N2O6. The Kier molecular flexibility index (Phi) is 6.13. The molecule has 2 amide bonds. The average Bonchev–Trinajstić information content (AvgIpc) is 3.01. The Morgan fingerprint density at radius 2 is 1.86 bits per heavy atom. The van der Waals surface area contributed by atoms with Crippen LogP contribution >= 0.6 is 0 Å². The first-order valence-corrected chi connectivity index (χ1v) is 8.92. The van der Waals surface area contributed by atoms with Crippen molar-refractivity contribution in [1.82, 2.24) is 5.43 Å². The summed E-state index contributed by atoms with van der Waals surface area (Å²) in [6.07, 6.45) is 1.47. The topological polar surface area (TPSA) is 94.2 Å². The molecule has 2 aromatic carbocycles. The highest BCUT2D eigenvalue weighted by Gasteiger charge is 2.34. The van der Waals surface area contributed by atoms with Gasteiger partial charge in [-0.1, -0.05) is 24.3 Å². The van der Waals surface area contributed by atoms with Crippen LogP contribution in [-0.4, -0.2) is 38.1 Å². The van der Waals surface area contributed by atoms with Gasteiger partial charge in [0.1, 0.15) is 5.57 Å². The second-order valence-corrected chi connectivity index (χ2v) is 5.98. The van der Waals surface area contributed by atoms with Crippen LogP contribution in [0.2, 0.25) is 0 Å². The Morgan fingerprint density at radius 3 is 2.55 bits per heavy atom. The summed E-state index contributed by atoms with van der Waals surface area (Å²) in [6, 6.07) is 13.7. The molecule has 0 atom stereocenters. The number of hydrazine groups is 1.